The third-order valence-corrected chi connectivity index (χ3v) is 3.06. The van der Waals surface area contributed by atoms with Gasteiger partial charge in [0.15, 0.2) is 0 Å². The summed E-state index contributed by atoms with van der Waals surface area (Å²) >= 11 is 0. The Balaban J connectivity index is 2.50. The first-order valence-corrected chi connectivity index (χ1v) is 5.39. The third kappa shape index (κ3) is 2.97. The summed E-state index contributed by atoms with van der Waals surface area (Å²) < 4.78 is 0. The van der Waals surface area contributed by atoms with Crippen LogP contribution in [-0.4, -0.2) is 29.6 Å². The minimum Gasteiger partial charge on any atom is -0.313 e. The van der Waals surface area contributed by atoms with Crippen LogP contribution in [0.2, 0.25) is 0 Å². The maximum Gasteiger partial charge on any atom is 0.114 e. The second-order valence-electron chi connectivity index (χ2n) is 4.98. The Morgan fingerprint density at radius 3 is 2.71 bits per heavy atom. The van der Waals surface area contributed by atoms with Crippen molar-refractivity contribution in [1.29, 1.82) is 5.26 Å². The molecule has 1 aliphatic heterocycles. The number of rotatable bonds is 2. The summed E-state index contributed by atoms with van der Waals surface area (Å²) in [5, 5.41) is 8.86. The van der Waals surface area contributed by atoms with Crippen LogP contribution in [0.5, 0.6) is 0 Å². The van der Waals surface area contributed by atoms with Gasteiger partial charge in [-0.05, 0) is 39.2 Å². The summed E-state index contributed by atoms with van der Waals surface area (Å²) in [6.45, 7) is 8.09. The van der Waals surface area contributed by atoms with Gasteiger partial charge in [-0.15, -0.1) is 0 Å². The molecule has 3 nitrogen and oxygen atoms in total. The number of hydrogen-bond donors (Lipinski definition) is 1. The molecule has 1 fully saturated rings. The average molecular weight is 195 g/mol. The maximum absolute atomic E-state index is 8.86. The fourth-order valence-corrected chi connectivity index (χ4v) is 2.15. The van der Waals surface area contributed by atoms with Crippen LogP contribution in [0.3, 0.4) is 0 Å². The molecule has 1 heterocycles. The van der Waals surface area contributed by atoms with Crippen LogP contribution in [0.15, 0.2) is 0 Å². The van der Waals surface area contributed by atoms with Crippen molar-refractivity contribution in [3.63, 3.8) is 0 Å². The molecule has 0 spiro atoms. The van der Waals surface area contributed by atoms with Gasteiger partial charge in [-0.2, -0.15) is 5.26 Å². The van der Waals surface area contributed by atoms with Gasteiger partial charge in [0.2, 0.25) is 0 Å². The number of nitriles is 1. The normalized spacial score (nSPS) is 33.4. The van der Waals surface area contributed by atoms with E-state index in [0.29, 0.717) is 12.6 Å². The average Bonchev–Trinajstić information content (AvgIpc) is 2.10. The van der Waals surface area contributed by atoms with Crippen molar-refractivity contribution in [2.45, 2.75) is 45.2 Å². The maximum atomic E-state index is 8.86. The van der Waals surface area contributed by atoms with Crippen molar-refractivity contribution in [3.05, 3.63) is 0 Å². The van der Waals surface area contributed by atoms with Crippen molar-refractivity contribution >= 4 is 0 Å². The lowest BCUT2D eigenvalue weighted by molar-refractivity contribution is 0.114. The van der Waals surface area contributed by atoms with Crippen LogP contribution in [0, 0.1) is 17.2 Å². The van der Waals surface area contributed by atoms with Crippen LogP contribution in [0.25, 0.3) is 0 Å². The van der Waals surface area contributed by atoms with Gasteiger partial charge in [0.1, 0.15) is 5.54 Å². The van der Waals surface area contributed by atoms with Gasteiger partial charge in [-0.25, -0.2) is 0 Å². The molecule has 0 aromatic heterocycles. The van der Waals surface area contributed by atoms with Crippen LogP contribution in [0.4, 0.5) is 0 Å². The van der Waals surface area contributed by atoms with Gasteiger partial charge in [0.05, 0.1) is 6.07 Å². The highest BCUT2D eigenvalue weighted by Gasteiger charge is 2.28. The fourth-order valence-electron chi connectivity index (χ4n) is 2.15. The fraction of sp³-hybridized carbons (Fsp3) is 0.909. The molecule has 80 valence electrons. The molecule has 3 atom stereocenters. The molecule has 3 unspecified atom stereocenters. The summed E-state index contributed by atoms with van der Waals surface area (Å²) in [6.07, 6.45) is 2.45. The first-order valence-electron chi connectivity index (χ1n) is 5.39. The molecule has 3 heteroatoms. The Hall–Kier alpha value is -0.590. The molecule has 0 amide bonds. The molecule has 2 N–H and O–H groups in total. The van der Waals surface area contributed by atoms with E-state index in [9.17, 15) is 0 Å². The highest BCUT2D eigenvalue weighted by atomic mass is 15.2. The summed E-state index contributed by atoms with van der Waals surface area (Å²) in [7, 11) is 0. The highest BCUT2D eigenvalue weighted by Crippen LogP contribution is 2.22. The number of likely N-dealkylation sites (tertiary alicyclic amines) is 1. The SMILES string of the molecule is CC1CCN(CC(C)(N)C#N)C(C)C1. The van der Waals surface area contributed by atoms with E-state index in [4.69, 9.17) is 11.0 Å². The van der Waals surface area contributed by atoms with Crippen molar-refractivity contribution in [2.24, 2.45) is 11.7 Å². The minimum absolute atomic E-state index is 0.565. The smallest absolute Gasteiger partial charge is 0.114 e. The minimum atomic E-state index is -0.700. The zero-order valence-corrected chi connectivity index (χ0v) is 9.45. The van der Waals surface area contributed by atoms with Gasteiger partial charge in [-0.3, -0.25) is 4.90 Å². The van der Waals surface area contributed by atoms with Crippen LogP contribution in [-0.2, 0) is 0 Å². The quantitative estimate of drug-likeness (QED) is 0.723. The van der Waals surface area contributed by atoms with E-state index in [-0.39, 0.29) is 0 Å². The van der Waals surface area contributed by atoms with Crippen molar-refractivity contribution < 1.29 is 0 Å². The van der Waals surface area contributed by atoms with E-state index in [1.807, 2.05) is 0 Å². The second kappa shape index (κ2) is 4.29. The van der Waals surface area contributed by atoms with Gasteiger partial charge in [-0.1, -0.05) is 6.92 Å². The Kier molecular flexibility index (Phi) is 3.52. The van der Waals surface area contributed by atoms with E-state index in [1.165, 1.54) is 12.8 Å². The summed E-state index contributed by atoms with van der Waals surface area (Å²) in [5.74, 6) is 0.812. The predicted molar refractivity (Wildman–Crippen MR) is 57.6 cm³/mol. The molecular formula is C11H21N3. The molecule has 0 bridgehead atoms. The van der Waals surface area contributed by atoms with Gasteiger partial charge < -0.3 is 5.73 Å². The van der Waals surface area contributed by atoms with E-state index in [2.05, 4.69) is 24.8 Å². The largest absolute Gasteiger partial charge is 0.313 e. The van der Waals surface area contributed by atoms with Crippen LogP contribution >= 0.6 is 0 Å². The van der Waals surface area contributed by atoms with Crippen LogP contribution in [0.1, 0.15) is 33.6 Å². The summed E-state index contributed by atoms with van der Waals surface area (Å²) in [6, 6.07) is 2.72. The third-order valence-electron chi connectivity index (χ3n) is 3.06. The van der Waals surface area contributed by atoms with Crippen LogP contribution < -0.4 is 5.73 Å². The summed E-state index contributed by atoms with van der Waals surface area (Å²) in [5.41, 5.74) is 5.14. The predicted octanol–water partition coefficient (Wildman–Crippen LogP) is 1.35. The van der Waals surface area contributed by atoms with Crippen molar-refractivity contribution in [1.82, 2.24) is 4.90 Å². The lowest BCUT2D eigenvalue weighted by Gasteiger charge is -2.38. The Bertz CT molecular complexity index is 229. The standard InChI is InChI=1S/C11H21N3/c1-9-4-5-14(10(2)6-9)8-11(3,13)7-12/h9-10H,4-6,8,13H2,1-3H3. The van der Waals surface area contributed by atoms with E-state index in [1.54, 1.807) is 6.92 Å². The molecule has 1 aliphatic rings. The molecule has 0 aliphatic carbocycles. The Morgan fingerprint density at radius 2 is 2.21 bits per heavy atom. The zero-order valence-electron chi connectivity index (χ0n) is 9.45. The lowest BCUT2D eigenvalue weighted by Crippen LogP contribution is -2.51. The number of nitrogens with two attached hydrogens (primary N) is 1. The summed E-state index contributed by atoms with van der Waals surface area (Å²) in [4.78, 5) is 2.34. The molecule has 0 aromatic rings. The Morgan fingerprint density at radius 1 is 1.57 bits per heavy atom. The van der Waals surface area contributed by atoms with E-state index in [0.717, 1.165) is 12.5 Å². The first kappa shape index (κ1) is 11.5. The molecule has 0 aromatic carbocycles. The van der Waals surface area contributed by atoms with Gasteiger partial charge in [0.25, 0.3) is 0 Å². The first-order chi connectivity index (χ1) is 6.44. The van der Waals surface area contributed by atoms with Gasteiger partial charge in [0, 0.05) is 12.6 Å². The van der Waals surface area contributed by atoms with Crippen molar-refractivity contribution in [3.8, 4) is 6.07 Å². The highest BCUT2D eigenvalue weighted by molar-refractivity contribution is 5.03. The topological polar surface area (TPSA) is 53.0 Å². The monoisotopic (exact) mass is 195 g/mol. The second-order valence-corrected chi connectivity index (χ2v) is 4.98. The van der Waals surface area contributed by atoms with E-state index >= 15 is 0 Å². The van der Waals surface area contributed by atoms with Crippen molar-refractivity contribution in [2.75, 3.05) is 13.1 Å². The zero-order chi connectivity index (χ0) is 10.8. The molecular weight excluding hydrogens is 174 g/mol. The number of hydrogen-bond acceptors (Lipinski definition) is 3. The molecule has 1 saturated heterocycles. The Labute approximate surface area is 86.9 Å². The number of nitrogens with zero attached hydrogens (tertiary/aromatic N) is 2. The lowest BCUT2D eigenvalue weighted by atomic mass is 9.92. The molecule has 0 saturated carbocycles. The molecule has 0 radical (unpaired) electrons. The van der Waals surface area contributed by atoms with E-state index < -0.39 is 5.54 Å². The number of piperidine rings is 1. The van der Waals surface area contributed by atoms with Gasteiger partial charge >= 0.3 is 0 Å². The molecule has 14 heavy (non-hydrogen) atoms. The molecule has 1 rings (SSSR count).